The maximum atomic E-state index is 10.7. The quantitative estimate of drug-likeness (QED) is 0.564. The lowest BCUT2D eigenvalue weighted by atomic mass is 10.4. The molecule has 1 atom stereocenters. The van der Waals surface area contributed by atoms with Crippen molar-refractivity contribution in [1.29, 1.82) is 0 Å². The van der Waals surface area contributed by atoms with E-state index in [1.807, 2.05) is 6.07 Å². The molecule has 0 fully saturated rings. The minimum atomic E-state index is -3.92. The second kappa shape index (κ2) is 3.85. The number of hydrogen-bond donors (Lipinski definition) is 1. The van der Waals surface area contributed by atoms with Gasteiger partial charge in [0.05, 0.1) is 0 Å². The summed E-state index contributed by atoms with van der Waals surface area (Å²) in [6.45, 7) is 1.73. The first kappa shape index (κ1) is 10.1. The Bertz CT molecular complexity index is 360. The third kappa shape index (κ3) is 3.12. The van der Waals surface area contributed by atoms with Crippen molar-refractivity contribution in [2.75, 3.05) is 0 Å². The molecule has 1 aromatic heterocycles. The van der Waals surface area contributed by atoms with Crippen LogP contribution in [0.1, 0.15) is 6.92 Å². The van der Waals surface area contributed by atoms with Crippen molar-refractivity contribution in [2.24, 2.45) is 0 Å². The molecule has 1 N–H and O–H groups in total. The molecule has 1 rings (SSSR count). The molecular weight excluding hydrogens is 190 g/mol. The van der Waals surface area contributed by atoms with Crippen molar-refractivity contribution in [3.8, 4) is 0 Å². The molecule has 0 bridgehead atoms. The summed E-state index contributed by atoms with van der Waals surface area (Å²) in [6.07, 6.45) is 3.50. The Kier molecular flexibility index (Phi) is 3.00. The fraction of sp³-hybridized carbons (Fsp3) is 0.375. The van der Waals surface area contributed by atoms with Gasteiger partial charge in [-0.25, -0.2) is 4.57 Å². The van der Waals surface area contributed by atoms with Gasteiger partial charge in [0.25, 0.3) is 10.1 Å². The van der Waals surface area contributed by atoms with Crippen LogP contribution in [0.2, 0.25) is 0 Å². The lowest BCUT2D eigenvalue weighted by Crippen LogP contribution is -2.40. The molecule has 0 spiro atoms. The fourth-order valence-electron chi connectivity index (χ4n) is 0.947. The Balaban J connectivity index is 2.72. The predicted molar refractivity (Wildman–Crippen MR) is 47.6 cm³/mol. The first-order valence-corrected chi connectivity index (χ1v) is 5.41. The van der Waals surface area contributed by atoms with Crippen molar-refractivity contribution in [3.63, 3.8) is 0 Å². The Labute approximate surface area is 77.6 Å². The third-order valence-corrected chi connectivity index (χ3v) is 2.92. The Hall–Kier alpha value is -0.940. The summed E-state index contributed by atoms with van der Waals surface area (Å²) in [5, 5.41) is -0.778. The van der Waals surface area contributed by atoms with E-state index in [2.05, 4.69) is 0 Å². The maximum absolute atomic E-state index is 10.7. The van der Waals surface area contributed by atoms with Crippen LogP contribution >= 0.6 is 0 Å². The van der Waals surface area contributed by atoms with Gasteiger partial charge in [0.2, 0.25) is 0 Å². The van der Waals surface area contributed by atoms with E-state index >= 15 is 0 Å². The first-order chi connectivity index (χ1) is 6.00. The number of rotatable bonds is 3. The highest BCUT2D eigenvalue weighted by Crippen LogP contribution is 1.96. The minimum absolute atomic E-state index is 0.264. The van der Waals surface area contributed by atoms with Crippen molar-refractivity contribution in [3.05, 3.63) is 30.6 Å². The van der Waals surface area contributed by atoms with Crippen LogP contribution in [0.15, 0.2) is 30.6 Å². The zero-order valence-corrected chi connectivity index (χ0v) is 8.11. The van der Waals surface area contributed by atoms with Gasteiger partial charge in [-0.1, -0.05) is 6.07 Å². The van der Waals surface area contributed by atoms with E-state index in [4.69, 9.17) is 4.55 Å². The third-order valence-electron chi connectivity index (χ3n) is 1.75. The van der Waals surface area contributed by atoms with Crippen molar-refractivity contribution < 1.29 is 17.5 Å². The van der Waals surface area contributed by atoms with Gasteiger partial charge in [0, 0.05) is 12.1 Å². The Morgan fingerprint density at radius 2 is 1.85 bits per heavy atom. The normalized spacial score (nSPS) is 14.0. The molecule has 0 saturated heterocycles. The van der Waals surface area contributed by atoms with Crippen molar-refractivity contribution >= 4 is 10.1 Å². The monoisotopic (exact) mass is 202 g/mol. The van der Waals surface area contributed by atoms with E-state index < -0.39 is 15.4 Å². The van der Waals surface area contributed by atoms with Gasteiger partial charge < -0.3 is 0 Å². The zero-order valence-electron chi connectivity index (χ0n) is 7.29. The molecule has 5 heteroatoms. The van der Waals surface area contributed by atoms with Crippen LogP contribution < -0.4 is 4.57 Å². The van der Waals surface area contributed by atoms with Gasteiger partial charge in [0.15, 0.2) is 18.9 Å². The summed E-state index contributed by atoms with van der Waals surface area (Å²) in [5.41, 5.74) is 0. The molecule has 1 unspecified atom stereocenters. The average Bonchev–Trinajstić information content (AvgIpc) is 2.04. The largest absolute Gasteiger partial charge is 0.285 e. The minimum Gasteiger partial charge on any atom is -0.285 e. The van der Waals surface area contributed by atoms with E-state index in [1.54, 1.807) is 29.1 Å². The molecule has 0 aromatic carbocycles. The van der Waals surface area contributed by atoms with E-state index in [0.29, 0.717) is 0 Å². The van der Waals surface area contributed by atoms with Crippen LogP contribution in [0, 0.1) is 0 Å². The molecule has 4 nitrogen and oxygen atoms in total. The number of pyridine rings is 1. The summed E-state index contributed by atoms with van der Waals surface area (Å²) in [5.74, 6) is 0. The summed E-state index contributed by atoms with van der Waals surface area (Å²) in [6, 6.07) is 5.45. The van der Waals surface area contributed by atoms with E-state index in [-0.39, 0.29) is 6.54 Å². The van der Waals surface area contributed by atoms with Crippen LogP contribution in [0.3, 0.4) is 0 Å². The molecule has 1 aromatic rings. The summed E-state index contributed by atoms with van der Waals surface area (Å²) in [7, 11) is -3.92. The van der Waals surface area contributed by atoms with Gasteiger partial charge in [-0.2, -0.15) is 8.42 Å². The topological polar surface area (TPSA) is 58.2 Å². The predicted octanol–water partition coefficient (Wildman–Crippen LogP) is 0.250. The first-order valence-electron chi connectivity index (χ1n) is 3.90. The van der Waals surface area contributed by atoms with Crippen LogP contribution in [0.25, 0.3) is 0 Å². The number of aromatic nitrogens is 1. The molecule has 0 aliphatic heterocycles. The lowest BCUT2D eigenvalue weighted by Gasteiger charge is -2.02. The molecule has 0 amide bonds. The zero-order chi connectivity index (χ0) is 9.90. The Morgan fingerprint density at radius 3 is 2.31 bits per heavy atom. The number of hydrogen-bond acceptors (Lipinski definition) is 2. The molecule has 13 heavy (non-hydrogen) atoms. The van der Waals surface area contributed by atoms with E-state index in [1.165, 1.54) is 6.92 Å². The van der Waals surface area contributed by atoms with Crippen molar-refractivity contribution in [1.82, 2.24) is 0 Å². The van der Waals surface area contributed by atoms with Gasteiger partial charge in [-0.05, 0) is 6.92 Å². The van der Waals surface area contributed by atoms with Crippen LogP contribution in [0.4, 0.5) is 0 Å². The van der Waals surface area contributed by atoms with Gasteiger partial charge in [-0.15, -0.1) is 0 Å². The summed E-state index contributed by atoms with van der Waals surface area (Å²) < 4.78 is 31.8. The lowest BCUT2D eigenvalue weighted by molar-refractivity contribution is -0.696. The van der Waals surface area contributed by atoms with Crippen LogP contribution in [-0.4, -0.2) is 18.2 Å². The molecule has 0 aliphatic rings. The Morgan fingerprint density at radius 1 is 1.31 bits per heavy atom. The van der Waals surface area contributed by atoms with Gasteiger partial charge in [0.1, 0.15) is 5.25 Å². The SMILES string of the molecule is CC(C[n+]1ccccc1)S(=O)(=O)O. The van der Waals surface area contributed by atoms with Gasteiger partial charge >= 0.3 is 0 Å². The smallest absolute Gasteiger partial charge is 0.273 e. The van der Waals surface area contributed by atoms with Crippen LogP contribution in [-0.2, 0) is 16.7 Å². The summed E-state index contributed by atoms with van der Waals surface area (Å²) >= 11 is 0. The second-order valence-corrected chi connectivity index (χ2v) is 4.73. The molecule has 0 saturated carbocycles. The highest BCUT2D eigenvalue weighted by Gasteiger charge is 2.21. The summed E-state index contributed by atoms with van der Waals surface area (Å²) in [4.78, 5) is 0. The molecular formula is C8H12NO3S+. The fourth-order valence-corrected chi connectivity index (χ4v) is 1.31. The van der Waals surface area contributed by atoms with Gasteiger partial charge in [-0.3, -0.25) is 4.55 Å². The standard InChI is InChI=1S/C8H11NO3S/c1-8(13(10,11)12)7-9-5-3-2-4-6-9/h2-6,8H,7H2,1H3/p+1. The second-order valence-electron chi connectivity index (χ2n) is 2.90. The highest BCUT2D eigenvalue weighted by atomic mass is 32.2. The molecule has 0 aliphatic carbocycles. The molecule has 0 radical (unpaired) electrons. The maximum Gasteiger partial charge on any atom is 0.273 e. The number of nitrogens with zero attached hydrogens (tertiary/aromatic N) is 1. The average molecular weight is 202 g/mol. The van der Waals surface area contributed by atoms with E-state index in [9.17, 15) is 8.42 Å². The molecule has 72 valence electrons. The van der Waals surface area contributed by atoms with E-state index in [0.717, 1.165) is 0 Å². The highest BCUT2D eigenvalue weighted by molar-refractivity contribution is 7.86. The van der Waals surface area contributed by atoms with Crippen molar-refractivity contribution in [2.45, 2.75) is 18.7 Å². The molecule has 1 heterocycles. The van der Waals surface area contributed by atoms with Crippen LogP contribution in [0.5, 0.6) is 0 Å².